The van der Waals surface area contributed by atoms with Crippen molar-refractivity contribution in [2.45, 2.75) is 26.2 Å². The lowest BCUT2D eigenvalue weighted by Crippen LogP contribution is -2.28. The Labute approximate surface area is 113 Å². The minimum absolute atomic E-state index is 0.129. The van der Waals surface area contributed by atoms with E-state index in [0.29, 0.717) is 12.4 Å². The normalized spacial score (nSPS) is 16.4. The van der Waals surface area contributed by atoms with Crippen LogP contribution in [0.25, 0.3) is 0 Å². The minimum Gasteiger partial charge on any atom is -0.491 e. The summed E-state index contributed by atoms with van der Waals surface area (Å²) < 4.78 is 18.8. The van der Waals surface area contributed by atoms with Crippen molar-refractivity contribution in [3.8, 4) is 5.75 Å². The zero-order chi connectivity index (χ0) is 13.7. The molecule has 1 aliphatic carbocycles. The zero-order valence-corrected chi connectivity index (χ0v) is 11.4. The second kappa shape index (κ2) is 6.35. The summed E-state index contributed by atoms with van der Waals surface area (Å²) in [5, 5.41) is 12.5. The highest BCUT2D eigenvalue weighted by Gasteiger charge is 2.41. The van der Waals surface area contributed by atoms with Gasteiger partial charge in [0, 0.05) is 18.6 Å². The van der Waals surface area contributed by atoms with E-state index in [0.717, 1.165) is 37.9 Å². The fourth-order valence-electron chi connectivity index (χ4n) is 2.13. The van der Waals surface area contributed by atoms with E-state index < -0.39 is 0 Å². The number of benzene rings is 1. The monoisotopic (exact) mass is 267 g/mol. The van der Waals surface area contributed by atoms with E-state index in [-0.39, 0.29) is 17.8 Å². The molecule has 0 spiro atoms. The highest BCUT2D eigenvalue weighted by molar-refractivity contribution is 5.29. The summed E-state index contributed by atoms with van der Waals surface area (Å²) in [6, 6.07) is 5.12. The van der Waals surface area contributed by atoms with Gasteiger partial charge in [0.15, 0.2) is 11.6 Å². The molecule has 2 N–H and O–H groups in total. The van der Waals surface area contributed by atoms with Gasteiger partial charge in [-0.2, -0.15) is 0 Å². The molecule has 4 heteroatoms. The van der Waals surface area contributed by atoms with Crippen LogP contribution in [0.2, 0.25) is 0 Å². The summed E-state index contributed by atoms with van der Waals surface area (Å²) >= 11 is 0. The van der Waals surface area contributed by atoms with Crippen molar-refractivity contribution >= 4 is 0 Å². The van der Waals surface area contributed by atoms with Gasteiger partial charge in [-0.05, 0) is 50.4 Å². The third kappa shape index (κ3) is 3.91. The largest absolute Gasteiger partial charge is 0.491 e. The molecule has 0 bridgehead atoms. The molecule has 2 rings (SSSR count). The second-order valence-corrected chi connectivity index (χ2v) is 5.28. The third-order valence-electron chi connectivity index (χ3n) is 3.68. The SMILES string of the molecule is CCOc1ccc(CCNCC2(CO)CC2)cc1F. The van der Waals surface area contributed by atoms with Crippen LogP contribution in [-0.2, 0) is 6.42 Å². The van der Waals surface area contributed by atoms with Gasteiger partial charge in [-0.1, -0.05) is 6.07 Å². The first-order valence-electron chi connectivity index (χ1n) is 6.92. The lowest BCUT2D eigenvalue weighted by atomic mass is 10.1. The van der Waals surface area contributed by atoms with Gasteiger partial charge in [0.1, 0.15) is 0 Å². The van der Waals surface area contributed by atoms with Gasteiger partial charge in [0.2, 0.25) is 0 Å². The predicted molar refractivity (Wildman–Crippen MR) is 72.9 cm³/mol. The Bertz CT molecular complexity index is 419. The van der Waals surface area contributed by atoms with Crippen LogP contribution in [0, 0.1) is 11.2 Å². The van der Waals surface area contributed by atoms with E-state index in [9.17, 15) is 9.50 Å². The summed E-state index contributed by atoms with van der Waals surface area (Å²) in [7, 11) is 0. The molecule has 0 saturated heterocycles. The molecule has 0 amide bonds. The van der Waals surface area contributed by atoms with Gasteiger partial charge in [0.25, 0.3) is 0 Å². The van der Waals surface area contributed by atoms with Crippen LogP contribution < -0.4 is 10.1 Å². The number of halogens is 1. The first-order valence-corrected chi connectivity index (χ1v) is 6.92. The molecule has 1 fully saturated rings. The van der Waals surface area contributed by atoms with E-state index in [1.54, 1.807) is 6.07 Å². The van der Waals surface area contributed by atoms with Crippen LogP contribution in [0.1, 0.15) is 25.3 Å². The third-order valence-corrected chi connectivity index (χ3v) is 3.68. The fraction of sp³-hybridized carbons (Fsp3) is 0.600. The van der Waals surface area contributed by atoms with Crippen LogP contribution in [-0.4, -0.2) is 31.4 Å². The summed E-state index contributed by atoms with van der Waals surface area (Å²) in [4.78, 5) is 0. The van der Waals surface area contributed by atoms with Gasteiger partial charge >= 0.3 is 0 Å². The first-order chi connectivity index (χ1) is 9.19. The molecule has 3 nitrogen and oxygen atoms in total. The maximum absolute atomic E-state index is 13.6. The predicted octanol–water partition coefficient (Wildman–Crippen LogP) is 2.13. The molecule has 1 aromatic carbocycles. The Morgan fingerprint density at radius 3 is 2.79 bits per heavy atom. The van der Waals surface area contributed by atoms with E-state index >= 15 is 0 Å². The van der Waals surface area contributed by atoms with Crippen LogP contribution in [0.15, 0.2) is 18.2 Å². The number of aliphatic hydroxyl groups excluding tert-OH is 1. The Kier molecular flexibility index (Phi) is 4.77. The number of aliphatic hydroxyl groups is 1. The van der Waals surface area contributed by atoms with Crippen molar-refractivity contribution in [2.24, 2.45) is 5.41 Å². The minimum atomic E-state index is -0.298. The summed E-state index contributed by atoms with van der Waals surface area (Å²) in [5.74, 6) is 0.0183. The van der Waals surface area contributed by atoms with Crippen LogP contribution in [0.3, 0.4) is 0 Å². The Hall–Kier alpha value is -1.13. The standard InChI is InChI=1S/C15H22FNO2/c1-2-19-14-4-3-12(9-13(14)16)5-8-17-10-15(11-18)6-7-15/h3-4,9,17-18H,2,5-8,10-11H2,1H3. The molecular formula is C15H22FNO2. The quantitative estimate of drug-likeness (QED) is 0.709. The molecule has 0 aromatic heterocycles. The molecule has 19 heavy (non-hydrogen) atoms. The Balaban J connectivity index is 1.75. The van der Waals surface area contributed by atoms with Gasteiger partial charge < -0.3 is 15.2 Å². The van der Waals surface area contributed by atoms with Crippen LogP contribution >= 0.6 is 0 Å². The zero-order valence-electron chi connectivity index (χ0n) is 11.4. The first kappa shape index (κ1) is 14.3. The molecule has 106 valence electrons. The van der Waals surface area contributed by atoms with Crippen molar-refractivity contribution in [3.63, 3.8) is 0 Å². The van der Waals surface area contributed by atoms with Gasteiger partial charge in [0.05, 0.1) is 6.61 Å². The fourth-order valence-corrected chi connectivity index (χ4v) is 2.13. The van der Waals surface area contributed by atoms with Gasteiger partial charge in [-0.15, -0.1) is 0 Å². The van der Waals surface area contributed by atoms with E-state index in [1.165, 1.54) is 6.07 Å². The summed E-state index contributed by atoms with van der Waals surface area (Å²) in [6.07, 6.45) is 2.99. The van der Waals surface area contributed by atoms with E-state index in [2.05, 4.69) is 5.32 Å². The highest BCUT2D eigenvalue weighted by atomic mass is 19.1. The smallest absolute Gasteiger partial charge is 0.165 e. The van der Waals surface area contributed by atoms with Gasteiger partial charge in [-0.25, -0.2) is 4.39 Å². The Morgan fingerprint density at radius 1 is 1.42 bits per heavy atom. The molecular weight excluding hydrogens is 245 g/mol. The molecule has 1 aliphatic rings. The van der Waals surface area contributed by atoms with Crippen LogP contribution in [0.5, 0.6) is 5.75 Å². The number of hydrogen-bond acceptors (Lipinski definition) is 3. The number of rotatable bonds is 8. The molecule has 0 unspecified atom stereocenters. The molecule has 0 radical (unpaired) electrons. The van der Waals surface area contributed by atoms with Crippen molar-refractivity contribution in [3.05, 3.63) is 29.6 Å². The van der Waals surface area contributed by atoms with Crippen LogP contribution in [0.4, 0.5) is 4.39 Å². The van der Waals surface area contributed by atoms with E-state index in [1.807, 2.05) is 13.0 Å². The van der Waals surface area contributed by atoms with Crippen molar-refractivity contribution < 1.29 is 14.2 Å². The maximum atomic E-state index is 13.6. The lowest BCUT2D eigenvalue weighted by Gasteiger charge is -2.12. The number of nitrogens with one attached hydrogen (secondary N) is 1. The lowest BCUT2D eigenvalue weighted by molar-refractivity contribution is 0.208. The molecule has 0 heterocycles. The van der Waals surface area contributed by atoms with E-state index in [4.69, 9.17) is 4.74 Å². The second-order valence-electron chi connectivity index (χ2n) is 5.28. The molecule has 1 saturated carbocycles. The van der Waals surface area contributed by atoms with Crippen molar-refractivity contribution in [2.75, 3.05) is 26.3 Å². The average molecular weight is 267 g/mol. The summed E-state index contributed by atoms with van der Waals surface area (Å²) in [6.45, 7) is 4.23. The molecule has 0 aliphatic heterocycles. The average Bonchev–Trinajstić information content (AvgIpc) is 3.19. The van der Waals surface area contributed by atoms with Gasteiger partial charge in [-0.3, -0.25) is 0 Å². The summed E-state index contributed by atoms with van der Waals surface area (Å²) in [5.41, 5.74) is 1.09. The van der Waals surface area contributed by atoms with Crippen molar-refractivity contribution in [1.82, 2.24) is 5.32 Å². The molecule has 0 atom stereocenters. The number of hydrogen-bond donors (Lipinski definition) is 2. The number of ether oxygens (including phenoxy) is 1. The van der Waals surface area contributed by atoms with Crippen molar-refractivity contribution in [1.29, 1.82) is 0 Å². The molecule has 1 aromatic rings. The Morgan fingerprint density at radius 2 is 2.21 bits per heavy atom. The maximum Gasteiger partial charge on any atom is 0.165 e. The highest BCUT2D eigenvalue weighted by Crippen LogP contribution is 2.44. The topological polar surface area (TPSA) is 41.5 Å².